The van der Waals surface area contributed by atoms with Crippen LogP contribution in [0.2, 0.25) is 0 Å². The van der Waals surface area contributed by atoms with Gasteiger partial charge in [-0.25, -0.2) is 0 Å². The minimum absolute atomic E-state index is 0.00801. The zero-order valence-electron chi connectivity index (χ0n) is 11.4. The number of aliphatic carboxylic acids is 1. The molecule has 106 valence electrons. The van der Waals surface area contributed by atoms with Gasteiger partial charge < -0.3 is 10.0 Å². The van der Waals surface area contributed by atoms with Crippen LogP contribution in [0.4, 0.5) is 0 Å². The largest absolute Gasteiger partial charge is 0.481 e. The van der Waals surface area contributed by atoms with Gasteiger partial charge in [-0.05, 0) is 19.3 Å². The number of amides is 1. The lowest BCUT2D eigenvalue weighted by Gasteiger charge is -2.31. The van der Waals surface area contributed by atoms with Crippen LogP contribution >= 0.6 is 0 Å². The predicted molar refractivity (Wildman–Crippen MR) is 72.7 cm³/mol. The molecule has 1 N–H and O–H groups in total. The van der Waals surface area contributed by atoms with E-state index < -0.39 is 11.4 Å². The molecular formula is C15H23NO3. The number of rotatable bonds is 3. The van der Waals surface area contributed by atoms with E-state index in [1.54, 1.807) is 4.90 Å². The molecule has 1 fully saturated rings. The van der Waals surface area contributed by atoms with Crippen LogP contribution in [0.3, 0.4) is 0 Å². The van der Waals surface area contributed by atoms with E-state index in [0.29, 0.717) is 19.4 Å². The first-order valence-corrected chi connectivity index (χ1v) is 7.30. The van der Waals surface area contributed by atoms with E-state index in [1.165, 1.54) is 0 Å². The summed E-state index contributed by atoms with van der Waals surface area (Å²) in [6.45, 7) is 1.36. The van der Waals surface area contributed by atoms with Crippen molar-refractivity contribution in [1.29, 1.82) is 0 Å². The van der Waals surface area contributed by atoms with Crippen molar-refractivity contribution in [1.82, 2.24) is 4.90 Å². The molecule has 0 saturated heterocycles. The van der Waals surface area contributed by atoms with Gasteiger partial charge in [0.25, 0.3) is 0 Å². The maximum absolute atomic E-state index is 12.3. The van der Waals surface area contributed by atoms with E-state index in [-0.39, 0.29) is 12.3 Å². The summed E-state index contributed by atoms with van der Waals surface area (Å²) in [6.07, 6.45) is 10.5. The van der Waals surface area contributed by atoms with E-state index in [0.717, 1.165) is 38.6 Å². The second-order valence-corrected chi connectivity index (χ2v) is 5.78. The first-order valence-electron chi connectivity index (χ1n) is 7.30. The Labute approximate surface area is 114 Å². The quantitative estimate of drug-likeness (QED) is 0.630. The Morgan fingerprint density at radius 3 is 2.32 bits per heavy atom. The van der Waals surface area contributed by atoms with E-state index in [1.807, 2.05) is 6.08 Å². The first kappa shape index (κ1) is 14.1. The molecule has 4 nitrogen and oxygen atoms in total. The summed E-state index contributed by atoms with van der Waals surface area (Å²) in [5.41, 5.74) is -0.811. The molecule has 1 aliphatic carbocycles. The van der Waals surface area contributed by atoms with Gasteiger partial charge in [0.2, 0.25) is 5.91 Å². The summed E-state index contributed by atoms with van der Waals surface area (Å²) in [5, 5.41) is 9.58. The Hall–Kier alpha value is -1.32. The first-order chi connectivity index (χ1) is 9.14. The molecule has 2 aliphatic rings. The molecule has 1 amide bonds. The lowest BCUT2D eigenvalue weighted by molar-refractivity contribution is -0.154. The third-order valence-corrected chi connectivity index (χ3v) is 4.41. The smallest absolute Gasteiger partial charge is 0.310 e. The summed E-state index contributed by atoms with van der Waals surface area (Å²) >= 11 is 0. The average molecular weight is 265 g/mol. The fourth-order valence-electron chi connectivity index (χ4n) is 3.14. The fourth-order valence-corrected chi connectivity index (χ4v) is 3.14. The molecule has 1 heterocycles. The standard InChI is InChI=1S/C15H23NO3/c17-13(16-10-6-3-7-11-16)12-15(14(18)19)8-4-1-2-5-9-15/h3,6H,1-2,4-5,7-12H2,(H,18,19). The van der Waals surface area contributed by atoms with Gasteiger partial charge in [-0.1, -0.05) is 37.8 Å². The van der Waals surface area contributed by atoms with Crippen molar-refractivity contribution in [2.45, 2.75) is 51.4 Å². The maximum Gasteiger partial charge on any atom is 0.310 e. The van der Waals surface area contributed by atoms with Crippen LogP contribution in [-0.2, 0) is 9.59 Å². The van der Waals surface area contributed by atoms with Crippen molar-refractivity contribution in [3.8, 4) is 0 Å². The molecule has 4 heteroatoms. The van der Waals surface area contributed by atoms with Crippen molar-refractivity contribution in [3.63, 3.8) is 0 Å². The summed E-state index contributed by atoms with van der Waals surface area (Å²) in [4.78, 5) is 25.8. The van der Waals surface area contributed by atoms with Gasteiger partial charge in [-0.3, -0.25) is 9.59 Å². The van der Waals surface area contributed by atoms with E-state index in [4.69, 9.17) is 0 Å². The fraction of sp³-hybridized carbons (Fsp3) is 0.733. The number of nitrogens with zero attached hydrogens (tertiary/aromatic N) is 1. The molecule has 0 aromatic carbocycles. The molecule has 0 spiro atoms. The third-order valence-electron chi connectivity index (χ3n) is 4.41. The highest BCUT2D eigenvalue weighted by Crippen LogP contribution is 2.39. The minimum Gasteiger partial charge on any atom is -0.481 e. The van der Waals surface area contributed by atoms with Crippen LogP contribution in [0.25, 0.3) is 0 Å². The van der Waals surface area contributed by atoms with Crippen LogP contribution in [0.1, 0.15) is 51.4 Å². The number of hydrogen-bond acceptors (Lipinski definition) is 2. The van der Waals surface area contributed by atoms with Gasteiger partial charge >= 0.3 is 5.97 Å². The Morgan fingerprint density at radius 2 is 1.79 bits per heavy atom. The highest BCUT2D eigenvalue weighted by molar-refractivity contribution is 5.85. The molecule has 0 aromatic rings. The number of carboxylic acid groups (broad SMARTS) is 1. The Balaban J connectivity index is 2.05. The molecule has 19 heavy (non-hydrogen) atoms. The van der Waals surface area contributed by atoms with Gasteiger partial charge in [-0.15, -0.1) is 0 Å². The molecule has 0 bridgehead atoms. The number of hydrogen-bond donors (Lipinski definition) is 1. The molecule has 1 saturated carbocycles. The van der Waals surface area contributed by atoms with Crippen LogP contribution in [0, 0.1) is 5.41 Å². The van der Waals surface area contributed by atoms with Crippen molar-refractivity contribution in [2.24, 2.45) is 5.41 Å². The van der Waals surface area contributed by atoms with Gasteiger partial charge in [0.15, 0.2) is 0 Å². The highest BCUT2D eigenvalue weighted by atomic mass is 16.4. The highest BCUT2D eigenvalue weighted by Gasteiger charge is 2.41. The Kier molecular flexibility index (Phi) is 4.61. The van der Waals surface area contributed by atoms with Crippen molar-refractivity contribution < 1.29 is 14.7 Å². The summed E-state index contributed by atoms with van der Waals surface area (Å²) in [5.74, 6) is -0.774. The lowest BCUT2D eigenvalue weighted by atomic mass is 9.77. The Morgan fingerprint density at radius 1 is 1.11 bits per heavy atom. The Bertz CT molecular complexity index is 368. The summed E-state index contributed by atoms with van der Waals surface area (Å²) < 4.78 is 0. The minimum atomic E-state index is -0.811. The number of carbonyl (C=O) groups excluding carboxylic acids is 1. The molecule has 0 radical (unpaired) electrons. The molecule has 1 aliphatic heterocycles. The van der Waals surface area contributed by atoms with Crippen molar-refractivity contribution >= 4 is 11.9 Å². The van der Waals surface area contributed by atoms with Gasteiger partial charge in [0.05, 0.1) is 5.41 Å². The molecule has 0 unspecified atom stereocenters. The number of carbonyl (C=O) groups is 2. The SMILES string of the molecule is O=C(CC1(C(=O)O)CCCCCC1)N1CC=CCC1. The van der Waals surface area contributed by atoms with Crippen molar-refractivity contribution in [3.05, 3.63) is 12.2 Å². The monoisotopic (exact) mass is 265 g/mol. The number of carboxylic acids is 1. The zero-order valence-corrected chi connectivity index (χ0v) is 11.4. The van der Waals surface area contributed by atoms with Crippen molar-refractivity contribution in [2.75, 3.05) is 13.1 Å². The van der Waals surface area contributed by atoms with Crippen LogP contribution in [-0.4, -0.2) is 35.0 Å². The second-order valence-electron chi connectivity index (χ2n) is 5.78. The second kappa shape index (κ2) is 6.22. The molecule has 0 aromatic heterocycles. The third kappa shape index (κ3) is 3.37. The topological polar surface area (TPSA) is 57.6 Å². The van der Waals surface area contributed by atoms with Crippen LogP contribution in [0.15, 0.2) is 12.2 Å². The molecule has 0 atom stereocenters. The zero-order chi connectivity index (χ0) is 13.7. The van der Waals surface area contributed by atoms with E-state index in [9.17, 15) is 14.7 Å². The van der Waals surface area contributed by atoms with Gasteiger partial charge in [0, 0.05) is 19.5 Å². The molecular weight excluding hydrogens is 242 g/mol. The predicted octanol–water partition coefficient (Wildman–Crippen LogP) is 2.59. The molecule has 2 rings (SSSR count). The van der Waals surface area contributed by atoms with Gasteiger partial charge in [-0.2, -0.15) is 0 Å². The summed E-state index contributed by atoms with van der Waals surface area (Å²) in [7, 11) is 0. The normalized spacial score (nSPS) is 22.8. The van der Waals surface area contributed by atoms with Crippen LogP contribution in [0.5, 0.6) is 0 Å². The lowest BCUT2D eigenvalue weighted by Crippen LogP contribution is -2.41. The average Bonchev–Trinajstić information content (AvgIpc) is 2.66. The van der Waals surface area contributed by atoms with Gasteiger partial charge in [0.1, 0.15) is 0 Å². The van der Waals surface area contributed by atoms with E-state index in [2.05, 4.69) is 6.08 Å². The van der Waals surface area contributed by atoms with Crippen LogP contribution < -0.4 is 0 Å². The van der Waals surface area contributed by atoms with E-state index >= 15 is 0 Å². The summed E-state index contributed by atoms with van der Waals surface area (Å²) in [6, 6.07) is 0. The maximum atomic E-state index is 12.3.